The monoisotopic (exact) mass is 171 g/mol. The topological polar surface area (TPSA) is 21.3 Å². The normalized spacial score (nSPS) is 31.5. The van der Waals surface area contributed by atoms with Crippen molar-refractivity contribution >= 4 is 0 Å². The van der Waals surface area contributed by atoms with Gasteiger partial charge in [0.05, 0.1) is 13.2 Å². The number of morpholine rings is 1. The first-order valence-electron chi connectivity index (χ1n) is 4.95. The molecule has 1 rings (SSSR count). The van der Waals surface area contributed by atoms with Crippen LogP contribution in [0.5, 0.6) is 0 Å². The fourth-order valence-electron chi connectivity index (χ4n) is 1.46. The van der Waals surface area contributed by atoms with Gasteiger partial charge in [0.1, 0.15) is 0 Å². The molecule has 0 aromatic carbocycles. The molecule has 2 unspecified atom stereocenters. The highest BCUT2D eigenvalue weighted by Crippen LogP contribution is 2.13. The molecule has 0 radical (unpaired) electrons. The zero-order valence-electron chi connectivity index (χ0n) is 8.63. The summed E-state index contributed by atoms with van der Waals surface area (Å²) in [7, 11) is 0. The van der Waals surface area contributed by atoms with Crippen molar-refractivity contribution in [2.75, 3.05) is 13.2 Å². The van der Waals surface area contributed by atoms with Crippen molar-refractivity contribution in [3.8, 4) is 0 Å². The minimum atomic E-state index is 0.547. The Balaban J connectivity index is 2.40. The third-order valence-electron chi connectivity index (χ3n) is 2.63. The van der Waals surface area contributed by atoms with Crippen LogP contribution in [0.1, 0.15) is 27.7 Å². The van der Waals surface area contributed by atoms with E-state index in [1.165, 1.54) is 0 Å². The summed E-state index contributed by atoms with van der Waals surface area (Å²) in [6, 6.07) is 1.09. The van der Waals surface area contributed by atoms with Gasteiger partial charge in [-0.15, -0.1) is 0 Å². The average molecular weight is 171 g/mol. The molecular formula is C10H21NO. The Morgan fingerprint density at radius 1 is 1.00 bits per heavy atom. The van der Waals surface area contributed by atoms with E-state index in [2.05, 4.69) is 33.0 Å². The zero-order valence-corrected chi connectivity index (χ0v) is 8.63. The Labute approximate surface area is 75.7 Å². The molecule has 72 valence electrons. The van der Waals surface area contributed by atoms with E-state index in [1.54, 1.807) is 0 Å². The van der Waals surface area contributed by atoms with Crippen molar-refractivity contribution in [3.63, 3.8) is 0 Å². The van der Waals surface area contributed by atoms with Crippen LogP contribution in [0.4, 0.5) is 0 Å². The maximum Gasteiger partial charge on any atom is 0.0623 e. The van der Waals surface area contributed by atoms with E-state index in [9.17, 15) is 0 Å². The first kappa shape index (κ1) is 10.0. The summed E-state index contributed by atoms with van der Waals surface area (Å²) in [6.45, 7) is 10.7. The van der Waals surface area contributed by atoms with Crippen molar-refractivity contribution < 1.29 is 4.74 Å². The standard InChI is InChI=1S/C10H21NO/c1-7(2)9-5-12-6-10(11-9)8(3)4/h7-11H,5-6H2,1-4H3. The highest BCUT2D eigenvalue weighted by Gasteiger charge is 2.25. The zero-order chi connectivity index (χ0) is 9.14. The Morgan fingerprint density at radius 2 is 1.42 bits per heavy atom. The van der Waals surface area contributed by atoms with E-state index in [4.69, 9.17) is 4.74 Å². The minimum Gasteiger partial charge on any atom is -0.378 e. The number of hydrogen-bond acceptors (Lipinski definition) is 2. The van der Waals surface area contributed by atoms with Crippen LogP contribution < -0.4 is 5.32 Å². The van der Waals surface area contributed by atoms with Gasteiger partial charge >= 0.3 is 0 Å². The number of ether oxygens (including phenoxy) is 1. The first-order valence-corrected chi connectivity index (χ1v) is 4.95. The molecule has 1 N–H and O–H groups in total. The van der Waals surface area contributed by atoms with Crippen LogP contribution in [0.25, 0.3) is 0 Å². The number of hydrogen-bond donors (Lipinski definition) is 1. The van der Waals surface area contributed by atoms with Gasteiger partial charge in [-0.3, -0.25) is 0 Å². The van der Waals surface area contributed by atoms with Crippen LogP contribution in [-0.2, 0) is 4.74 Å². The van der Waals surface area contributed by atoms with E-state index in [0.29, 0.717) is 23.9 Å². The molecule has 0 aromatic heterocycles. The van der Waals surface area contributed by atoms with Crippen molar-refractivity contribution in [2.24, 2.45) is 11.8 Å². The van der Waals surface area contributed by atoms with Gasteiger partial charge in [-0.1, -0.05) is 27.7 Å². The molecule has 1 heterocycles. The molecule has 1 aliphatic heterocycles. The quantitative estimate of drug-likeness (QED) is 0.682. The second kappa shape index (κ2) is 4.24. The Bertz CT molecular complexity index is 120. The summed E-state index contributed by atoms with van der Waals surface area (Å²) in [5.41, 5.74) is 0. The third-order valence-corrected chi connectivity index (χ3v) is 2.63. The summed E-state index contributed by atoms with van der Waals surface area (Å²) >= 11 is 0. The summed E-state index contributed by atoms with van der Waals surface area (Å²) < 4.78 is 5.55. The highest BCUT2D eigenvalue weighted by atomic mass is 16.5. The Kier molecular flexibility index (Phi) is 3.53. The van der Waals surface area contributed by atoms with E-state index < -0.39 is 0 Å². The molecule has 1 saturated heterocycles. The van der Waals surface area contributed by atoms with Crippen molar-refractivity contribution in [2.45, 2.75) is 39.8 Å². The van der Waals surface area contributed by atoms with E-state index in [1.807, 2.05) is 0 Å². The van der Waals surface area contributed by atoms with Gasteiger partial charge in [0.15, 0.2) is 0 Å². The lowest BCUT2D eigenvalue weighted by atomic mass is 9.98. The fraction of sp³-hybridized carbons (Fsp3) is 1.00. The maximum atomic E-state index is 5.55. The SMILES string of the molecule is CC(C)C1COCC(C(C)C)N1. The summed E-state index contributed by atoms with van der Waals surface area (Å²) in [5, 5.41) is 3.63. The molecule has 2 heteroatoms. The van der Waals surface area contributed by atoms with Gasteiger partial charge in [-0.05, 0) is 11.8 Å². The van der Waals surface area contributed by atoms with E-state index in [0.717, 1.165) is 13.2 Å². The summed E-state index contributed by atoms with van der Waals surface area (Å²) in [5.74, 6) is 1.35. The van der Waals surface area contributed by atoms with Gasteiger partial charge in [-0.25, -0.2) is 0 Å². The van der Waals surface area contributed by atoms with Crippen molar-refractivity contribution in [1.82, 2.24) is 5.32 Å². The van der Waals surface area contributed by atoms with Gasteiger partial charge < -0.3 is 10.1 Å². The molecule has 0 aromatic rings. The molecule has 0 aliphatic carbocycles. The lowest BCUT2D eigenvalue weighted by Gasteiger charge is -2.35. The highest BCUT2D eigenvalue weighted by molar-refractivity contribution is 4.82. The van der Waals surface area contributed by atoms with Crippen LogP contribution in [-0.4, -0.2) is 25.3 Å². The second-order valence-corrected chi connectivity index (χ2v) is 4.41. The lowest BCUT2D eigenvalue weighted by Crippen LogP contribution is -2.53. The molecule has 1 fully saturated rings. The maximum absolute atomic E-state index is 5.55. The first-order chi connectivity index (χ1) is 5.61. The molecule has 0 bridgehead atoms. The van der Waals surface area contributed by atoms with E-state index in [-0.39, 0.29) is 0 Å². The van der Waals surface area contributed by atoms with Gasteiger partial charge in [-0.2, -0.15) is 0 Å². The van der Waals surface area contributed by atoms with E-state index >= 15 is 0 Å². The largest absolute Gasteiger partial charge is 0.378 e. The summed E-state index contributed by atoms with van der Waals surface area (Å²) in [4.78, 5) is 0. The number of rotatable bonds is 2. The van der Waals surface area contributed by atoms with Crippen LogP contribution in [0.2, 0.25) is 0 Å². The van der Waals surface area contributed by atoms with Crippen LogP contribution in [0.3, 0.4) is 0 Å². The second-order valence-electron chi connectivity index (χ2n) is 4.41. The molecule has 0 spiro atoms. The van der Waals surface area contributed by atoms with Crippen molar-refractivity contribution in [3.05, 3.63) is 0 Å². The number of nitrogens with one attached hydrogen (secondary N) is 1. The molecule has 2 nitrogen and oxygen atoms in total. The van der Waals surface area contributed by atoms with Crippen LogP contribution in [0, 0.1) is 11.8 Å². The van der Waals surface area contributed by atoms with Gasteiger partial charge in [0, 0.05) is 12.1 Å². The van der Waals surface area contributed by atoms with Crippen LogP contribution in [0.15, 0.2) is 0 Å². The molecule has 12 heavy (non-hydrogen) atoms. The third kappa shape index (κ3) is 2.46. The molecule has 0 saturated carbocycles. The molecule has 2 atom stereocenters. The lowest BCUT2D eigenvalue weighted by molar-refractivity contribution is 0.0193. The van der Waals surface area contributed by atoms with Crippen molar-refractivity contribution in [1.29, 1.82) is 0 Å². The Hall–Kier alpha value is -0.0800. The predicted octanol–water partition coefficient (Wildman–Crippen LogP) is 1.66. The Morgan fingerprint density at radius 3 is 1.75 bits per heavy atom. The molecule has 1 aliphatic rings. The fourth-order valence-corrected chi connectivity index (χ4v) is 1.46. The summed E-state index contributed by atoms with van der Waals surface area (Å²) in [6.07, 6.45) is 0. The minimum absolute atomic E-state index is 0.547. The predicted molar refractivity (Wildman–Crippen MR) is 51.2 cm³/mol. The molecule has 0 amide bonds. The smallest absolute Gasteiger partial charge is 0.0623 e. The average Bonchev–Trinajstić information content (AvgIpc) is 2.04. The van der Waals surface area contributed by atoms with Gasteiger partial charge in [0.2, 0.25) is 0 Å². The molecular weight excluding hydrogens is 150 g/mol. The van der Waals surface area contributed by atoms with Crippen LogP contribution >= 0.6 is 0 Å². The van der Waals surface area contributed by atoms with Gasteiger partial charge in [0.25, 0.3) is 0 Å².